The smallest absolute Gasteiger partial charge is 0.252 e. The highest BCUT2D eigenvalue weighted by atomic mass is 19.1. The SMILES string of the molecule is CCCCOc1c(Oc2ccccc2F)cccc1C(N)=O. The number of halogens is 1. The monoisotopic (exact) mass is 303 g/mol. The van der Waals surface area contributed by atoms with Crippen LogP contribution in [0.5, 0.6) is 17.2 Å². The number of para-hydroxylation sites is 2. The average Bonchev–Trinajstić information content (AvgIpc) is 2.50. The molecule has 2 N–H and O–H groups in total. The van der Waals surface area contributed by atoms with E-state index in [1.165, 1.54) is 12.1 Å². The van der Waals surface area contributed by atoms with Gasteiger partial charge < -0.3 is 15.2 Å². The van der Waals surface area contributed by atoms with Crippen molar-refractivity contribution in [2.45, 2.75) is 19.8 Å². The molecule has 4 nitrogen and oxygen atoms in total. The summed E-state index contributed by atoms with van der Waals surface area (Å²) >= 11 is 0. The largest absolute Gasteiger partial charge is 0.489 e. The van der Waals surface area contributed by atoms with Crippen LogP contribution in [-0.2, 0) is 0 Å². The maximum atomic E-state index is 13.7. The van der Waals surface area contributed by atoms with E-state index >= 15 is 0 Å². The molecule has 2 rings (SSSR count). The van der Waals surface area contributed by atoms with Crippen molar-refractivity contribution >= 4 is 5.91 Å². The summed E-state index contributed by atoms with van der Waals surface area (Å²) in [4.78, 5) is 11.5. The first-order chi connectivity index (χ1) is 10.6. The summed E-state index contributed by atoms with van der Waals surface area (Å²) in [7, 11) is 0. The number of nitrogens with two attached hydrogens (primary N) is 1. The van der Waals surface area contributed by atoms with Crippen LogP contribution in [-0.4, -0.2) is 12.5 Å². The minimum atomic E-state index is -0.620. The summed E-state index contributed by atoms with van der Waals surface area (Å²) in [5.41, 5.74) is 5.58. The van der Waals surface area contributed by atoms with Crippen molar-refractivity contribution < 1.29 is 18.7 Å². The minimum Gasteiger partial charge on any atom is -0.489 e. The molecule has 0 spiro atoms. The van der Waals surface area contributed by atoms with Crippen LogP contribution in [0.15, 0.2) is 42.5 Å². The molecule has 0 aliphatic heterocycles. The van der Waals surface area contributed by atoms with E-state index in [9.17, 15) is 9.18 Å². The highest BCUT2D eigenvalue weighted by molar-refractivity contribution is 5.96. The minimum absolute atomic E-state index is 0.0597. The van der Waals surface area contributed by atoms with Gasteiger partial charge in [0.15, 0.2) is 23.1 Å². The van der Waals surface area contributed by atoms with Crippen molar-refractivity contribution in [1.82, 2.24) is 0 Å². The molecule has 2 aromatic rings. The number of benzene rings is 2. The first-order valence-corrected chi connectivity index (χ1v) is 7.11. The molecule has 0 aromatic heterocycles. The van der Waals surface area contributed by atoms with Gasteiger partial charge in [-0.2, -0.15) is 0 Å². The van der Waals surface area contributed by atoms with Gasteiger partial charge >= 0.3 is 0 Å². The Morgan fingerprint density at radius 1 is 1.14 bits per heavy atom. The fourth-order valence-corrected chi connectivity index (χ4v) is 1.90. The Labute approximate surface area is 128 Å². The Hall–Kier alpha value is -2.56. The number of hydrogen-bond donors (Lipinski definition) is 1. The lowest BCUT2D eigenvalue weighted by Crippen LogP contribution is -2.14. The second kappa shape index (κ2) is 7.45. The normalized spacial score (nSPS) is 10.3. The second-order valence-electron chi connectivity index (χ2n) is 4.73. The topological polar surface area (TPSA) is 61.6 Å². The molecule has 1 amide bonds. The molecule has 0 saturated carbocycles. The first kappa shape index (κ1) is 15.8. The molecule has 0 radical (unpaired) electrons. The van der Waals surface area contributed by atoms with E-state index in [0.717, 1.165) is 12.8 Å². The van der Waals surface area contributed by atoms with Gasteiger partial charge in [0, 0.05) is 0 Å². The number of rotatable bonds is 7. The Morgan fingerprint density at radius 2 is 1.86 bits per heavy atom. The van der Waals surface area contributed by atoms with Crippen LogP contribution in [0.25, 0.3) is 0 Å². The van der Waals surface area contributed by atoms with Gasteiger partial charge in [-0.1, -0.05) is 31.5 Å². The van der Waals surface area contributed by atoms with E-state index in [1.807, 2.05) is 6.92 Å². The van der Waals surface area contributed by atoms with Crippen LogP contribution in [0, 0.1) is 5.82 Å². The summed E-state index contributed by atoms with van der Waals surface area (Å²) in [5, 5.41) is 0. The second-order valence-corrected chi connectivity index (χ2v) is 4.73. The van der Waals surface area contributed by atoms with Crippen LogP contribution in [0.3, 0.4) is 0 Å². The molecule has 0 bridgehead atoms. The third-order valence-corrected chi connectivity index (χ3v) is 3.05. The summed E-state index contributed by atoms with van der Waals surface area (Å²) in [6, 6.07) is 10.8. The summed E-state index contributed by atoms with van der Waals surface area (Å²) in [6.45, 7) is 2.45. The number of unbranched alkanes of at least 4 members (excludes halogenated alkanes) is 1. The standard InChI is InChI=1S/C17H18FNO3/c1-2-3-11-21-16-12(17(19)20)7-6-10-15(16)22-14-9-5-4-8-13(14)18/h4-10H,2-3,11H2,1H3,(H2,19,20). The lowest BCUT2D eigenvalue weighted by atomic mass is 10.1. The maximum absolute atomic E-state index is 13.7. The summed E-state index contributed by atoms with van der Waals surface area (Å²) in [5.74, 6) is -0.550. The van der Waals surface area contributed by atoms with E-state index in [2.05, 4.69) is 0 Å². The third-order valence-electron chi connectivity index (χ3n) is 3.05. The van der Waals surface area contributed by atoms with Crippen LogP contribution >= 0.6 is 0 Å². The van der Waals surface area contributed by atoms with E-state index in [0.29, 0.717) is 6.61 Å². The Morgan fingerprint density at radius 3 is 2.55 bits per heavy atom. The maximum Gasteiger partial charge on any atom is 0.252 e. The predicted octanol–water partition coefficient (Wildman–Crippen LogP) is 3.90. The molecule has 0 fully saturated rings. The predicted molar refractivity (Wildman–Crippen MR) is 81.8 cm³/mol. The zero-order valence-electron chi connectivity index (χ0n) is 12.3. The molecule has 0 aliphatic carbocycles. The number of carbonyl (C=O) groups is 1. The van der Waals surface area contributed by atoms with Crippen LogP contribution in [0.1, 0.15) is 30.1 Å². The van der Waals surface area contributed by atoms with Crippen molar-refractivity contribution in [3.63, 3.8) is 0 Å². The van der Waals surface area contributed by atoms with Crippen LogP contribution in [0.4, 0.5) is 4.39 Å². The average molecular weight is 303 g/mol. The van der Waals surface area contributed by atoms with Crippen molar-refractivity contribution in [3.05, 3.63) is 53.8 Å². The van der Waals surface area contributed by atoms with Gasteiger partial charge in [-0.25, -0.2) is 4.39 Å². The fraction of sp³-hybridized carbons (Fsp3) is 0.235. The molecule has 5 heteroatoms. The summed E-state index contributed by atoms with van der Waals surface area (Å²) < 4.78 is 24.9. The Bertz CT molecular complexity index is 658. The number of amides is 1. The van der Waals surface area contributed by atoms with Gasteiger partial charge in [0.2, 0.25) is 0 Å². The quantitative estimate of drug-likeness (QED) is 0.789. The molecule has 22 heavy (non-hydrogen) atoms. The number of primary amides is 1. The lowest BCUT2D eigenvalue weighted by molar-refractivity contribution is 0.0995. The molecule has 2 aromatic carbocycles. The Kier molecular flexibility index (Phi) is 5.36. The molecule has 0 unspecified atom stereocenters. The molecule has 0 atom stereocenters. The molecular formula is C17H18FNO3. The van der Waals surface area contributed by atoms with E-state index < -0.39 is 11.7 Å². The molecule has 0 aliphatic rings. The molecule has 116 valence electrons. The van der Waals surface area contributed by atoms with E-state index in [-0.39, 0.29) is 22.8 Å². The zero-order valence-corrected chi connectivity index (χ0v) is 12.3. The first-order valence-electron chi connectivity index (χ1n) is 7.11. The highest BCUT2D eigenvalue weighted by Gasteiger charge is 2.16. The van der Waals surface area contributed by atoms with E-state index in [4.69, 9.17) is 15.2 Å². The Balaban J connectivity index is 2.35. The van der Waals surface area contributed by atoms with Crippen molar-refractivity contribution in [2.75, 3.05) is 6.61 Å². The summed E-state index contributed by atoms with van der Waals surface area (Å²) in [6.07, 6.45) is 1.77. The van der Waals surface area contributed by atoms with Gasteiger partial charge in [-0.05, 0) is 30.7 Å². The van der Waals surface area contributed by atoms with Gasteiger partial charge in [-0.3, -0.25) is 4.79 Å². The lowest BCUT2D eigenvalue weighted by Gasteiger charge is -2.15. The van der Waals surface area contributed by atoms with Gasteiger partial charge in [0.05, 0.1) is 12.2 Å². The molecular weight excluding hydrogens is 285 g/mol. The van der Waals surface area contributed by atoms with Crippen molar-refractivity contribution in [3.8, 4) is 17.2 Å². The van der Waals surface area contributed by atoms with Gasteiger partial charge in [-0.15, -0.1) is 0 Å². The van der Waals surface area contributed by atoms with Crippen LogP contribution < -0.4 is 15.2 Å². The number of carbonyl (C=O) groups excluding carboxylic acids is 1. The van der Waals surface area contributed by atoms with Gasteiger partial charge in [0.1, 0.15) is 0 Å². The van der Waals surface area contributed by atoms with Crippen molar-refractivity contribution in [1.29, 1.82) is 0 Å². The van der Waals surface area contributed by atoms with Crippen molar-refractivity contribution in [2.24, 2.45) is 5.73 Å². The van der Waals surface area contributed by atoms with Crippen LogP contribution in [0.2, 0.25) is 0 Å². The molecule has 0 heterocycles. The highest BCUT2D eigenvalue weighted by Crippen LogP contribution is 2.35. The molecule has 0 saturated heterocycles. The fourth-order valence-electron chi connectivity index (χ4n) is 1.90. The zero-order chi connectivity index (χ0) is 15.9. The third kappa shape index (κ3) is 3.75. The number of ether oxygens (including phenoxy) is 2. The van der Waals surface area contributed by atoms with Gasteiger partial charge in [0.25, 0.3) is 5.91 Å². The number of hydrogen-bond acceptors (Lipinski definition) is 3. The van der Waals surface area contributed by atoms with E-state index in [1.54, 1.807) is 30.3 Å².